The van der Waals surface area contributed by atoms with E-state index in [2.05, 4.69) is 25.7 Å². The van der Waals surface area contributed by atoms with Gasteiger partial charge in [-0.3, -0.25) is 4.90 Å². The van der Waals surface area contributed by atoms with Gasteiger partial charge in [0.05, 0.1) is 0 Å². The second-order valence-electron chi connectivity index (χ2n) is 3.55. The second kappa shape index (κ2) is 8.48. The first-order chi connectivity index (χ1) is 7.15. The summed E-state index contributed by atoms with van der Waals surface area (Å²) in [6, 6.07) is 0.551. The van der Waals surface area contributed by atoms with Crippen molar-refractivity contribution < 1.29 is 9.53 Å². The van der Waals surface area contributed by atoms with Gasteiger partial charge in [-0.1, -0.05) is 19.9 Å². The fourth-order valence-electron chi connectivity index (χ4n) is 1.40. The van der Waals surface area contributed by atoms with Crippen LogP contribution in [0.25, 0.3) is 0 Å². The molecule has 0 aliphatic rings. The van der Waals surface area contributed by atoms with Gasteiger partial charge in [-0.15, -0.1) is 0 Å². The van der Waals surface area contributed by atoms with Crippen LogP contribution in [0, 0.1) is 0 Å². The summed E-state index contributed by atoms with van der Waals surface area (Å²) in [5, 5.41) is 0. The van der Waals surface area contributed by atoms with Crippen molar-refractivity contribution >= 4 is 5.97 Å². The summed E-state index contributed by atoms with van der Waals surface area (Å²) in [6.07, 6.45) is 4.25. The Morgan fingerprint density at radius 3 is 2.60 bits per heavy atom. The van der Waals surface area contributed by atoms with Crippen molar-refractivity contribution in [3.8, 4) is 0 Å². The third-order valence-corrected chi connectivity index (χ3v) is 2.55. The van der Waals surface area contributed by atoms with Crippen LogP contribution in [0.1, 0.15) is 34.1 Å². The van der Waals surface area contributed by atoms with Crippen molar-refractivity contribution in [2.24, 2.45) is 0 Å². The van der Waals surface area contributed by atoms with Gasteiger partial charge >= 0.3 is 5.97 Å². The Morgan fingerprint density at radius 2 is 2.13 bits per heavy atom. The minimum Gasteiger partial charge on any atom is -0.461 e. The molecular weight excluding hydrogens is 190 g/mol. The fourth-order valence-corrected chi connectivity index (χ4v) is 1.40. The Hall–Kier alpha value is -0.830. The minimum atomic E-state index is -0.252. The molecule has 1 atom stereocenters. The van der Waals surface area contributed by atoms with Crippen molar-refractivity contribution in [3.63, 3.8) is 0 Å². The average Bonchev–Trinajstić information content (AvgIpc) is 2.24. The molecule has 0 amide bonds. The largest absolute Gasteiger partial charge is 0.461 e. The number of allylic oxidation sites excluding steroid dienone is 1. The third-order valence-electron chi connectivity index (χ3n) is 2.55. The molecule has 3 nitrogen and oxygen atoms in total. The number of esters is 1. The molecular formula is C12H23NO2. The maximum Gasteiger partial charge on any atom is 0.330 e. The van der Waals surface area contributed by atoms with Crippen LogP contribution < -0.4 is 0 Å². The van der Waals surface area contributed by atoms with E-state index in [0.29, 0.717) is 12.6 Å². The maximum atomic E-state index is 11.0. The molecule has 0 N–H and O–H groups in total. The highest BCUT2D eigenvalue weighted by Gasteiger charge is 2.09. The molecule has 0 aliphatic carbocycles. The first-order valence-electron chi connectivity index (χ1n) is 5.69. The van der Waals surface area contributed by atoms with Crippen molar-refractivity contribution in [2.75, 3.05) is 19.7 Å². The molecule has 3 heteroatoms. The highest BCUT2D eigenvalue weighted by molar-refractivity contribution is 5.81. The van der Waals surface area contributed by atoms with E-state index in [9.17, 15) is 4.79 Å². The Bertz CT molecular complexity index is 202. The Morgan fingerprint density at radius 1 is 1.47 bits per heavy atom. The van der Waals surface area contributed by atoms with Crippen LogP contribution in [0.3, 0.4) is 0 Å². The Balaban J connectivity index is 3.77. The van der Waals surface area contributed by atoms with Crippen LogP contribution in [0.2, 0.25) is 0 Å². The molecule has 0 aromatic heterocycles. The fraction of sp³-hybridized carbons (Fsp3) is 0.750. The molecule has 88 valence electrons. The molecule has 15 heavy (non-hydrogen) atoms. The summed E-state index contributed by atoms with van der Waals surface area (Å²) in [4.78, 5) is 13.3. The molecule has 0 fully saturated rings. The summed E-state index contributed by atoms with van der Waals surface area (Å²) >= 11 is 0. The number of rotatable bonds is 7. The third kappa shape index (κ3) is 6.28. The van der Waals surface area contributed by atoms with E-state index in [-0.39, 0.29) is 5.97 Å². The molecule has 0 spiro atoms. The lowest BCUT2D eigenvalue weighted by atomic mass is 10.2. The van der Waals surface area contributed by atoms with Crippen molar-refractivity contribution in [3.05, 3.63) is 12.2 Å². The lowest BCUT2D eigenvalue weighted by Crippen LogP contribution is -2.35. The van der Waals surface area contributed by atoms with E-state index in [0.717, 1.165) is 19.5 Å². The summed E-state index contributed by atoms with van der Waals surface area (Å²) < 4.78 is 5.04. The topological polar surface area (TPSA) is 29.5 Å². The maximum absolute atomic E-state index is 11.0. The summed E-state index contributed by atoms with van der Waals surface area (Å²) in [5.74, 6) is -0.252. The van der Waals surface area contributed by atoms with Gasteiger partial charge in [0.15, 0.2) is 0 Å². The number of carbonyl (C=O) groups excluding carboxylic acids is 1. The summed E-state index contributed by atoms with van der Waals surface area (Å²) in [5.41, 5.74) is 0. The SMILES string of the molecule is C/C=C/C(=O)OCCN(CC)C(C)CC. The predicted octanol–water partition coefficient (Wildman–Crippen LogP) is 2.23. The quantitative estimate of drug-likeness (QED) is 0.480. The molecule has 0 heterocycles. The lowest BCUT2D eigenvalue weighted by Gasteiger charge is -2.26. The van der Waals surface area contributed by atoms with Crippen LogP contribution in [0.4, 0.5) is 0 Å². The highest BCUT2D eigenvalue weighted by Crippen LogP contribution is 2.02. The van der Waals surface area contributed by atoms with Crippen LogP contribution in [0.5, 0.6) is 0 Å². The van der Waals surface area contributed by atoms with Crippen molar-refractivity contribution in [1.82, 2.24) is 4.90 Å². The molecule has 0 aliphatic heterocycles. The van der Waals surface area contributed by atoms with Crippen molar-refractivity contribution in [1.29, 1.82) is 0 Å². The molecule has 0 rings (SSSR count). The Labute approximate surface area is 93.1 Å². The predicted molar refractivity (Wildman–Crippen MR) is 62.8 cm³/mol. The summed E-state index contributed by atoms with van der Waals surface area (Å²) in [6.45, 7) is 10.6. The van der Waals surface area contributed by atoms with Crippen LogP contribution in [-0.4, -0.2) is 36.6 Å². The minimum absolute atomic E-state index is 0.252. The van der Waals surface area contributed by atoms with Gasteiger partial charge in [-0.05, 0) is 26.8 Å². The Kier molecular flexibility index (Phi) is 8.01. The lowest BCUT2D eigenvalue weighted by molar-refractivity contribution is -0.138. The molecule has 0 saturated heterocycles. The standard InChI is InChI=1S/C12H23NO2/c1-5-8-12(14)15-10-9-13(7-3)11(4)6-2/h5,8,11H,6-7,9-10H2,1-4H3/b8-5+. The van der Waals surface area contributed by atoms with E-state index >= 15 is 0 Å². The van der Waals surface area contributed by atoms with E-state index in [4.69, 9.17) is 4.74 Å². The molecule has 0 saturated carbocycles. The monoisotopic (exact) mass is 213 g/mol. The van der Waals surface area contributed by atoms with Gasteiger partial charge in [0.1, 0.15) is 6.61 Å². The van der Waals surface area contributed by atoms with E-state index < -0.39 is 0 Å². The van der Waals surface area contributed by atoms with Gasteiger partial charge in [0, 0.05) is 18.7 Å². The molecule has 0 aromatic rings. The second-order valence-corrected chi connectivity index (χ2v) is 3.55. The van der Waals surface area contributed by atoms with Crippen LogP contribution in [-0.2, 0) is 9.53 Å². The van der Waals surface area contributed by atoms with Gasteiger partial charge in [0.2, 0.25) is 0 Å². The smallest absolute Gasteiger partial charge is 0.330 e. The summed E-state index contributed by atoms with van der Waals surface area (Å²) in [7, 11) is 0. The van der Waals surface area contributed by atoms with Crippen LogP contribution in [0.15, 0.2) is 12.2 Å². The van der Waals surface area contributed by atoms with Gasteiger partial charge in [-0.25, -0.2) is 4.79 Å². The molecule has 1 unspecified atom stereocenters. The number of carbonyl (C=O) groups is 1. The van der Waals surface area contributed by atoms with Gasteiger partial charge < -0.3 is 4.74 Å². The average molecular weight is 213 g/mol. The first-order valence-corrected chi connectivity index (χ1v) is 5.69. The van der Waals surface area contributed by atoms with Crippen molar-refractivity contribution in [2.45, 2.75) is 40.2 Å². The van der Waals surface area contributed by atoms with Crippen LogP contribution >= 0.6 is 0 Å². The van der Waals surface area contributed by atoms with Gasteiger partial charge in [-0.2, -0.15) is 0 Å². The number of hydrogen-bond acceptors (Lipinski definition) is 3. The van der Waals surface area contributed by atoms with E-state index in [1.54, 1.807) is 13.0 Å². The zero-order valence-electron chi connectivity index (χ0n) is 10.3. The molecule has 0 bridgehead atoms. The zero-order chi connectivity index (χ0) is 11.7. The van der Waals surface area contributed by atoms with E-state index in [1.165, 1.54) is 6.08 Å². The highest BCUT2D eigenvalue weighted by atomic mass is 16.5. The molecule has 0 radical (unpaired) electrons. The number of hydrogen-bond donors (Lipinski definition) is 0. The molecule has 0 aromatic carbocycles. The zero-order valence-corrected chi connectivity index (χ0v) is 10.3. The number of ether oxygens (including phenoxy) is 1. The first kappa shape index (κ1) is 14.2. The number of nitrogens with zero attached hydrogens (tertiary/aromatic N) is 1. The number of likely N-dealkylation sites (N-methyl/N-ethyl adjacent to an activating group) is 1. The normalized spacial score (nSPS) is 13.4. The van der Waals surface area contributed by atoms with Gasteiger partial charge in [0.25, 0.3) is 0 Å². The van der Waals surface area contributed by atoms with E-state index in [1.807, 2.05) is 0 Å².